The molecule has 144 valence electrons. The number of nitrogens with one attached hydrogen (secondary N) is 1. The Balaban J connectivity index is 2.96. The van der Waals surface area contributed by atoms with Gasteiger partial charge in [-0.1, -0.05) is 6.92 Å². The SMILES string of the molecule is CCC(C)N(CCNS(=O)(=O)c1cc(OC)ccc1OC)S(C)(=O)=O. The third-order valence-electron chi connectivity index (χ3n) is 3.79. The number of methoxy groups -OCH3 is 2. The highest BCUT2D eigenvalue weighted by molar-refractivity contribution is 7.89. The van der Waals surface area contributed by atoms with Crippen LogP contribution in [0.1, 0.15) is 20.3 Å². The lowest BCUT2D eigenvalue weighted by Gasteiger charge is -2.26. The molecule has 1 N–H and O–H groups in total. The second kappa shape index (κ2) is 8.84. The van der Waals surface area contributed by atoms with Crippen molar-refractivity contribution >= 4 is 20.0 Å². The van der Waals surface area contributed by atoms with Crippen molar-refractivity contribution in [2.24, 2.45) is 0 Å². The fourth-order valence-corrected chi connectivity index (χ4v) is 4.71. The molecule has 1 aromatic carbocycles. The second-order valence-corrected chi connectivity index (χ2v) is 9.22. The van der Waals surface area contributed by atoms with Crippen LogP contribution in [-0.4, -0.2) is 60.7 Å². The number of hydrogen-bond donors (Lipinski definition) is 1. The summed E-state index contributed by atoms with van der Waals surface area (Å²) in [5.74, 6) is 0.550. The summed E-state index contributed by atoms with van der Waals surface area (Å²) in [4.78, 5) is -0.0659. The van der Waals surface area contributed by atoms with E-state index in [9.17, 15) is 16.8 Å². The molecule has 25 heavy (non-hydrogen) atoms. The number of hydrogen-bond acceptors (Lipinski definition) is 6. The third kappa shape index (κ3) is 5.84. The van der Waals surface area contributed by atoms with Crippen molar-refractivity contribution in [1.82, 2.24) is 9.03 Å². The first-order valence-electron chi connectivity index (χ1n) is 7.75. The fourth-order valence-electron chi connectivity index (χ4n) is 2.28. The van der Waals surface area contributed by atoms with Crippen molar-refractivity contribution in [1.29, 1.82) is 0 Å². The Bertz CT molecular complexity index is 777. The Kier molecular flexibility index (Phi) is 7.66. The van der Waals surface area contributed by atoms with Gasteiger partial charge in [-0.3, -0.25) is 0 Å². The van der Waals surface area contributed by atoms with E-state index in [1.54, 1.807) is 13.0 Å². The minimum Gasteiger partial charge on any atom is -0.497 e. The maximum atomic E-state index is 12.5. The molecule has 1 aromatic rings. The molecule has 0 saturated carbocycles. The first kappa shape index (κ1) is 21.7. The Hall–Kier alpha value is -1.36. The van der Waals surface area contributed by atoms with Gasteiger partial charge in [0.2, 0.25) is 20.0 Å². The Morgan fingerprint density at radius 1 is 1.16 bits per heavy atom. The molecule has 0 aliphatic heterocycles. The van der Waals surface area contributed by atoms with E-state index in [4.69, 9.17) is 9.47 Å². The first-order valence-corrected chi connectivity index (χ1v) is 11.1. The second-order valence-electron chi connectivity index (χ2n) is 5.55. The Morgan fingerprint density at radius 3 is 2.28 bits per heavy atom. The molecule has 0 saturated heterocycles. The summed E-state index contributed by atoms with van der Waals surface area (Å²) in [7, 11) is -4.51. The zero-order valence-electron chi connectivity index (χ0n) is 15.1. The number of ether oxygens (including phenoxy) is 2. The molecule has 1 atom stereocenters. The summed E-state index contributed by atoms with van der Waals surface area (Å²) in [6, 6.07) is 4.22. The molecule has 0 heterocycles. The summed E-state index contributed by atoms with van der Waals surface area (Å²) in [6.45, 7) is 3.63. The van der Waals surface area contributed by atoms with Crippen LogP contribution in [0.2, 0.25) is 0 Å². The lowest BCUT2D eigenvalue weighted by atomic mass is 10.2. The molecule has 8 nitrogen and oxygen atoms in total. The van der Waals surface area contributed by atoms with E-state index in [2.05, 4.69) is 4.72 Å². The fraction of sp³-hybridized carbons (Fsp3) is 0.600. The molecule has 1 rings (SSSR count). The Labute approximate surface area is 150 Å². The van der Waals surface area contributed by atoms with Crippen molar-refractivity contribution < 1.29 is 26.3 Å². The van der Waals surface area contributed by atoms with Gasteiger partial charge in [-0.2, -0.15) is 4.31 Å². The average molecular weight is 395 g/mol. The van der Waals surface area contributed by atoms with Crippen LogP contribution in [0.3, 0.4) is 0 Å². The Morgan fingerprint density at radius 2 is 1.80 bits per heavy atom. The quantitative estimate of drug-likeness (QED) is 0.636. The van der Waals surface area contributed by atoms with Crippen LogP contribution in [0, 0.1) is 0 Å². The van der Waals surface area contributed by atoms with E-state index in [-0.39, 0.29) is 29.8 Å². The molecular weight excluding hydrogens is 368 g/mol. The maximum absolute atomic E-state index is 12.5. The highest BCUT2D eigenvalue weighted by atomic mass is 32.2. The summed E-state index contributed by atoms with van der Waals surface area (Å²) in [5.41, 5.74) is 0. The number of rotatable bonds is 10. The van der Waals surface area contributed by atoms with Crippen molar-refractivity contribution in [2.45, 2.75) is 31.2 Å². The number of sulfonamides is 2. The normalized spacial score (nSPS) is 13.7. The molecule has 0 fully saturated rings. The van der Waals surface area contributed by atoms with Gasteiger partial charge in [0.05, 0.1) is 20.5 Å². The number of benzene rings is 1. The van der Waals surface area contributed by atoms with Gasteiger partial charge in [0.1, 0.15) is 16.4 Å². The van der Waals surface area contributed by atoms with Gasteiger partial charge < -0.3 is 9.47 Å². The van der Waals surface area contributed by atoms with Gasteiger partial charge >= 0.3 is 0 Å². The van der Waals surface area contributed by atoms with Crippen LogP contribution in [0.25, 0.3) is 0 Å². The molecule has 0 aliphatic carbocycles. The largest absolute Gasteiger partial charge is 0.497 e. The van der Waals surface area contributed by atoms with Gasteiger partial charge in [-0.15, -0.1) is 0 Å². The lowest BCUT2D eigenvalue weighted by Crippen LogP contribution is -2.42. The molecule has 0 aliphatic rings. The highest BCUT2D eigenvalue weighted by Gasteiger charge is 2.24. The van der Waals surface area contributed by atoms with Gasteiger partial charge in [0.15, 0.2) is 0 Å². The lowest BCUT2D eigenvalue weighted by molar-refractivity contribution is 0.334. The van der Waals surface area contributed by atoms with Crippen molar-refractivity contribution in [2.75, 3.05) is 33.6 Å². The van der Waals surface area contributed by atoms with Crippen molar-refractivity contribution in [3.8, 4) is 11.5 Å². The van der Waals surface area contributed by atoms with E-state index >= 15 is 0 Å². The van der Waals surface area contributed by atoms with Gasteiger partial charge in [0, 0.05) is 25.2 Å². The van der Waals surface area contributed by atoms with Crippen LogP contribution in [0.5, 0.6) is 11.5 Å². The average Bonchev–Trinajstić information content (AvgIpc) is 2.56. The van der Waals surface area contributed by atoms with Crippen molar-refractivity contribution in [3.63, 3.8) is 0 Å². The predicted molar refractivity (Wildman–Crippen MR) is 96.0 cm³/mol. The zero-order chi connectivity index (χ0) is 19.3. The summed E-state index contributed by atoms with van der Waals surface area (Å²) < 4.78 is 62.6. The molecule has 0 spiro atoms. The van der Waals surface area contributed by atoms with Crippen LogP contribution < -0.4 is 14.2 Å². The molecule has 0 radical (unpaired) electrons. The smallest absolute Gasteiger partial charge is 0.244 e. The van der Waals surface area contributed by atoms with Crippen LogP contribution in [-0.2, 0) is 20.0 Å². The van der Waals surface area contributed by atoms with Gasteiger partial charge in [-0.25, -0.2) is 21.6 Å². The van der Waals surface area contributed by atoms with Crippen LogP contribution in [0.4, 0.5) is 0 Å². The standard InChI is InChI=1S/C15H26N2O6S2/c1-6-12(2)17(24(5,18)19)10-9-16-25(20,21)15-11-13(22-3)7-8-14(15)23-4/h7-8,11-12,16H,6,9-10H2,1-5H3. The van der Waals surface area contributed by atoms with Gasteiger partial charge in [-0.05, 0) is 25.5 Å². The van der Waals surface area contributed by atoms with Crippen molar-refractivity contribution in [3.05, 3.63) is 18.2 Å². The summed E-state index contributed by atoms with van der Waals surface area (Å²) in [5, 5.41) is 0. The molecular formula is C15H26N2O6S2. The highest BCUT2D eigenvalue weighted by Crippen LogP contribution is 2.27. The molecule has 1 unspecified atom stereocenters. The number of nitrogens with zero attached hydrogens (tertiary/aromatic N) is 1. The zero-order valence-corrected chi connectivity index (χ0v) is 16.8. The van der Waals surface area contributed by atoms with E-state index in [1.807, 2.05) is 6.92 Å². The van der Waals surface area contributed by atoms with Crippen LogP contribution >= 0.6 is 0 Å². The summed E-state index contributed by atoms with van der Waals surface area (Å²) in [6.07, 6.45) is 1.74. The minimum absolute atomic E-state index is 0.0410. The molecule has 0 aromatic heterocycles. The topological polar surface area (TPSA) is 102 Å². The van der Waals surface area contributed by atoms with Gasteiger partial charge in [0.25, 0.3) is 0 Å². The molecule has 0 bridgehead atoms. The van der Waals surface area contributed by atoms with E-state index in [0.29, 0.717) is 12.2 Å². The third-order valence-corrected chi connectivity index (χ3v) is 6.67. The minimum atomic E-state index is -3.89. The molecule has 0 amide bonds. The van der Waals surface area contributed by atoms with Crippen LogP contribution in [0.15, 0.2) is 23.1 Å². The monoisotopic (exact) mass is 394 g/mol. The molecule has 10 heteroatoms. The van der Waals surface area contributed by atoms with E-state index in [1.165, 1.54) is 30.7 Å². The summed E-state index contributed by atoms with van der Waals surface area (Å²) >= 11 is 0. The predicted octanol–water partition coefficient (Wildman–Crippen LogP) is 1.04. The first-order chi connectivity index (χ1) is 11.6. The van der Waals surface area contributed by atoms with E-state index in [0.717, 1.165) is 6.26 Å². The maximum Gasteiger partial charge on any atom is 0.244 e. The van der Waals surface area contributed by atoms with E-state index < -0.39 is 20.0 Å².